The summed E-state index contributed by atoms with van der Waals surface area (Å²) in [4.78, 5) is 16.6. The Morgan fingerprint density at radius 1 is 1.11 bits per heavy atom. The number of rotatable bonds is 6. The van der Waals surface area contributed by atoms with Gasteiger partial charge in [0.25, 0.3) is 5.91 Å². The number of sulfone groups is 1. The molecule has 0 N–H and O–H groups in total. The summed E-state index contributed by atoms with van der Waals surface area (Å²) in [6, 6.07) is 9.03. The summed E-state index contributed by atoms with van der Waals surface area (Å²) in [6.45, 7) is 5.29. The van der Waals surface area contributed by atoms with Crippen LogP contribution in [0, 0.1) is 17.2 Å². The van der Waals surface area contributed by atoms with Crippen molar-refractivity contribution in [2.24, 2.45) is 5.92 Å². The van der Waals surface area contributed by atoms with Gasteiger partial charge >= 0.3 is 6.18 Å². The lowest BCUT2D eigenvalue weighted by Crippen LogP contribution is -2.49. The Balaban J connectivity index is 1.81. The van der Waals surface area contributed by atoms with Gasteiger partial charge in [0, 0.05) is 32.4 Å². The first-order valence-electron chi connectivity index (χ1n) is 10.9. The molecule has 0 aromatic heterocycles. The van der Waals surface area contributed by atoms with Crippen LogP contribution in [0.25, 0.3) is 0 Å². The number of benzene rings is 2. The van der Waals surface area contributed by atoms with Crippen molar-refractivity contribution in [2.45, 2.75) is 24.9 Å². The average Bonchev–Trinajstić information content (AvgIpc) is 2.80. The number of nitrogens with zero attached hydrogens (tertiary/aromatic N) is 3. The van der Waals surface area contributed by atoms with Gasteiger partial charge in [-0.2, -0.15) is 18.4 Å². The van der Waals surface area contributed by atoms with Crippen molar-refractivity contribution in [3.63, 3.8) is 0 Å². The minimum absolute atomic E-state index is 0.000186. The van der Waals surface area contributed by atoms with Crippen molar-refractivity contribution in [3.8, 4) is 11.8 Å². The lowest BCUT2D eigenvalue weighted by atomic mass is 10.1. The summed E-state index contributed by atoms with van der Waals surface area (Å²) >= 11 is 0. The Morgan fingerprint density at radius 3 is 2.31 bits per heavy atom. The van der Waals surface area contributed by atoms with E-state index in [2.05, 4.69) is 0 Å². The zero-order valence-electron chi connectivity index (χ0n) is 19.6. The highest BCUT2D eigenvalue weighted by atomic mass is 32.2. The van der Waals surface area contributed by atoms with Gasteiger partial charge in [-0.05, 0) is 42.3 Å². The summed E-state index contributed by atoms with van der Waals surface area (Å²) < 4.78 is 68.8. The number of carbonyl (C=O) groups excluding carboxylic acids is 1. The second-order valence-corrected chi connectivity index (χ2v) is 10.8. The third-order valence-electron chi connectivity index (χ3n) is 5.53. The Bertz CT molecular complexity index is 1250. The molecule has 1 fully saturated rings. The number of nitriles is 1. The average molecular weight is 510 g/mol. The van der Waals surface area contributed by atoms with Crippen LogP contribution in [0.5, 0.6) is 5.75 Å². The van der Waals surface area contributed by atoms with Crippen LogP contribution in [0.2, 0.25) is 0 Å². The van der Waals surface area contributed by atoms with Crippen LogP contribution in [0.15, 0.2) is 41.3 Å². The van der Waals surface area contributed by atoms with E-state index in [0.29, 0.717) is 25.4 Å². The van der Waals surface area contributed by atoms with E-state index < -0.39 is 27.5 Å². The SMILES string of the molecule is CC(C)COc1ccc(S(C)(=O)=O)cc1C(=O)N1CCN(c2ccc(C(F)(F)F)cc2C#N)CC1. The molecule has 188 valence electrons. The first-order valence-corrected chi connectivity index (χ1v) is 12.8. The molecule has 2 aromatic carbocycles. The van der Waals surface area contributed by atoms with Crippen molar-refractivity contribution in [3.05, 3.63) is 53.1 Å². The molecule has 1 aliphatic heterocycles. The second kappa shape index (κ2) is 10.2. The monoisotopic (exact) mass is 509 g/mol. The van der Waals surface area contributed by atoms with Crippen molar-refractivity contribution >= 4 is 21.4 Å². The summed E-state index contributed by atoms with van der Waals surface area (Å²) in [6.07, 6.45) is -3.49. The van der Waals surface area contributed by atoms with Gasteiger partial charge in [0.2, 0.25) is 0 Å². The number of anilines is 1. The lowest BCUT2D eigenvalue weighted by molar-refractivity contribution is -0.137. The zero-order chi connectivity index (χ0) is 26.0. The van der Waals surface area contributed by atoms with E-state index in [1.807, 2.05) is 19.9 Å². The predicted molar refractivity (Wildman–Crippen MR) is 124 cm³/mol. The number of amides is 1. The first-order chi connectivity index (χ1) is 16.3. The highest BCUT2D eigenvalue weighted by Gasteiger charge is 2.32. The molecule has 0 saturated carbocycles. The Labute approximate surface area is 202 Å². The minimum Gasteiger partial charge on any atom is -0.492 e. The third kappa shape index (κ3) is 6.25. The third-order valence-corrected chi connectivity index (χ3v) is 6.64. The number of piperazine rings is 1. The van der Waals surface area contributed by atoms with Crippen LogP contribution in [-0.4, -0.2) is 58.3 Å². The summed E-state index contributed by atoms with van der Waals surface area (Å²) in [7, 11) is -3.55. The van der Waals surface area contributed by atoms with E-state index in [-0.39, 0.29) is 40.8 Å². The van der Waals surface area contributed by atoms with Crippen LogP contribution in [-0.2, 0) is 16.0 Å². The van der Waals surface area contributed by atoms with Crippen molar-refractivity contribution in [1.82, 2.24) is 4.90 Å². The van der Waals surface area contributed by atoms with Gasteiger partial charge in [-0.3, -0.25) is 4.79 Å². The molecule has 0 unspecified atom stereocenters. The van der Waals surface area contributed by atoms with Gasteiger partial charge in [0.1, 0.15) is 11.8 Å². The Morgan fingerprint density at radius 2 is 1.77 bits per heavy atom. The maximum Gasteiger partial charge on any atom is 0.416 e. The molecule has 0 aliphatic carbocycles. The molecule has 7 nitrogen and oxygen atoms in total. The van der Waals surface area contributed by atoms with Gasteiger partial charge in [-0.1, -0.05) is 13.8 Å². The molecule has 2 aromatic rings. The number of hydrogen-bond acceptors (Lipinski definition) is 6. The number of hydrogen-bond donors (Lipinski definition) is 0. The Hall–Kier alpha value is -3.26. The van der Waals surface area contributed by atoms with Crippen LogP contribution < -0.4 is 9.64 Å². The van der Waals surface area contributed by atoms with Crippen molar-refractivity contribution < 1.29 is 31.1 Å². The molecule has 1 amide bonds. The van der Waals surface area contributed by atoms with Gasteiger partial charge in [0.15, 0.2) is 9.84 Å². The second-order valence-electron chi connectivity index (χ2n) is 8.76. The van der Waals surface area contributed by atoms with Crippen LogP contribution in [0.3, 0.4) is 0 Å². The van der Waals surface area contributed by atoms with E-state index in [4.69, 9.17) is 4.74 Å². The van der Waals surface area contributed by atoms with Crippen LogP contribution in [0.4, 0.5) is 18.9 Å². The summed E-state index contributed by atoms with van der Waals surface area (Å²) in [5, 5.41) is 9.37. The van der Waals surface area contributed by atoms with Gasteiger partial charge in [0.05, 0.1) is 33.9 Å². The van der Waals surface area contributed by atoms with Crippen LogP contribution >= 0.6 is 0 Å². The number of ether oxygens (including phenoxy) is 1. The largest absolute Gasteiger partial charge is 0.492 e. The van der Waals surface area contributed by atoms with Gasteiger partial charge in [-0.25, -0.2) is 8.42 Å². The molecular formula is C24H26F3N3O4S. The molecule has 35 heavy (non-hydrogen) atoms. The van der Waals surface area contributed by atoms with Crippen LogP contribution in [0.1, 0.15) is 35.3 Å². The molecule has 0 spiro atoms. The summed E-state index contributed by atoms with van der Waals surface area (Å²) in [5.41, 5.74) is -0.488. The zero-order valence-corrected chi connectivity index (χ0v) is 20.4. The number of halogens is 3. The topological polar surface area (TPSA) is 90.7 Å². The standard InChI is InChI=1S/C24H26F3N3O4S/c1-16(2)15-34-22-7-5-19(35(3,32)33)13-20(22)23(31)30-10-8-29(9-11-30)21-6-4-18(24(25,26)27)12-17(21)14-28/h4-7,12-13,16H,8-11,15H2,1-3H3. The molecular weight excluding hydrogens is 483 g/mol. The number of carbonyl (C=O) groups is 1. The quantitative estimate of drug-likeness (QED) is 0.585. The number of alkyl halides is 3. The van der Waals surface area contributed by atoms with Crippen molar-refractivity contribution in [2.75, 3.05) is 43.9 Å². The van der Waals surface area contributed by atoms with Crippen molar-refractivity contribution in [1.29, 1.82) is 5.26 Å². The first kappa shape index (κ1) is 26.3. The highest BCUT2D eigenvalue weighted by Crippen LogP contribution is 2.33. The van der Waals surface area contributed by atoms with E-state index in [1.54, 1.807) is 4.90 Å². The molecule has 1 heterocycles. The van der Waals surface area contributed by atoms with E-state index in [1.165, 1.54) is 29.2 Å². The minimum atomic E-state index is -4.55. The molecule has 3 rings (SSSR count). The van der Waals surface area contributed by atoms with E-state index >= 15 is 0 Å². The molecule has 0 atom stereocenters. The molecule has 11 heteroatoms. The molecule has 1 saturated heterocycles. The lowest BCUT2D eigenvalue weighted by Gasteiger charge is -2.36. The maximum atomic E-state index is 13.3. The predicted octanol–water partition coefficient (Wildman–Crippen LogP) is 3.98. The molecule has 0 radical (unpaired) electrons. The summed E-state index contributed by atoms with van der Waals surface area (Å²) in [5.74, 6) is 0.0732. The van der Waals surface area contributed by atoms with E-state index in [9.17, 15) is 31.6 Å². The van der Waals surface area contributed by atoms with Gasteiger partial charge in [-0.15, -0.1) is 0 Å². The van der Waals surface area contributed by atoms with E-state index in [0.717, 1.165) is 18.4 Å². The highest BCUT2D eigenvalue weighted by molar-refractivity contribution is 7.90. The maximum absolute atomic E-state index is 13.3. The fraction of sp³-hybridized carbons (Fsp3) is 0.417. The van der Waals surface area contributed by atoms with Gasteiger partial charge < -0.3 is 14.5 Å². The smallest absolute Gasteiger partial charge is 0.416 e. The normalized spacial score (nSPS) is 14.7. The molecule has 0 bridgehead atoms. The molecule has 1 aliphatic rings. The fourth-order valence-electron chi connectivity index (χ4n) is 3.69. The Kier molecular flexibility index (Phi) is 7.65. The fourth-order valence-corrected chi connectivity index (χ4v) is 4.33.